The van der Waals surface area contributed by atoms with Crippen LogP contribution in [0.25, 0.3) is 0 Å². The molecule has 2 heterocycles. The van der Waals surface area contributed by atoms with Gasteiger partial charge in [0.2, 0.25) is 11.8 Å². The van der Waals surface area contributed by atoms with Crippen molar-refractivity contribution in [2.75, 3.05) is 60.1 Å². The second-order valence-electron chi connectivity index (χ2n) is 7.42. The first kappa shape index (κ1) is 20.6. The number of rotatable bonds is 7. The molecule has 0 bridgehead atoms. The van der Waals surface area contributed by atoms with Gasteiger partial charge in [0.25, 0.3) is 0 Å². The minimum atomic E-state index is -0.0507. The fraction of sp³-hybridized carbons (Fsp3) is 0.619. The zero-order valence-corrected chi connectivity index (χ0v) is 16.9. The Balaban J connectivity index is 1.53. The van der Waals surface area contributed by atoms with E-state index in [1.807, 2.05) is 34.1 Å². The van der Waals surface area contributed by atoms with Gasteiger partial charge in [0.15, 0.2) is 0 Å². The summed E-state index contributed by atoms with van der Waals surface area (Å²) in [5.74, 6) is 1.10. The summed E-state index contributed by atoms with van der Waals surface area (Å²) in [5.41, 5.74) is 0.963. The van der Waals surface area contributed by atoms with Crippen LogP contribution in [0, 0.1) is 0 Å². The van der Waals surface area contributed by atoms with Gasteiger partial charge in [0.05, 0.1) is 26.2 Å². The van der Waals surface area contributed by atoms with E-state index in [4.69, 9.17) is 9.47 Å². The molecule has 0 aromatic heterocycles. The van der Waals surface area contributed by atoms with Crippen LogP contribution in [0.2, 0.25) is 0 Å². The standard InChI is InChI=1S/C21H31N3O4/c1-27-14-13-24-10-7-19(21(24)26)22-8-4-9-23(12-11-22)20(25)16-17-5-3-6-18(15-17)28-2/h3,5-6,15,19H,4,7-14,16H2,1-2H3/t19-/m1/s1. The van der Waals surface area contributed by atoms with E-state index in [9.17, 15) is 9.59 Å². The van der Waals surface area contributed by atoms with Crippen LogP contribution in [0.5, 0.6) is 5.75 Å². The van der Waals surface area contributed by atoms with E-state index in [1.165, 1.54) is 0 Å². The molecule has 0 aliphatic carbocycles. The summed E-state index contributed by atoms with van der Waals surface area (Å²) >= 11 is 0. The molecule has 2 amide bonds. The van der Waals surface area contributed by atoms with Crippen molar-refractivity contribution in [3.8, 4) is 5.75 Å². The Morgan fingerprint density at radius 3 is 2.79 bits per heavy atom. The van der Waals surface area contributed by atoms with E-state index < -0.39 is 0 Å². The normalized spacial score (nSPS) is 21.1. The first-order valence-electron chi connectivity index (χ1n) is 10.0. The Bertz CT molecular complexity index is 681. The molecule has 2 aliphatic heterocycles. The van der Waals surface area contributed by atoms with Crippen LogP contribution in [-0.2, 0) is 20.7 Å². The summed E-state index contributed by atoms with van der Waals surface area (Å²) in [7, 11) is 3.29. The van der Waals surface area contributed by atoms with E-state index in [0.717, 1.165) is 50.3 Å². The van der Waals surface area contributed by atoms with Crippen molar-refractivity contribution in [2.24, 2.45) is 0 Å². The summed E-state index contributed by atoms with van der Waals surface area (Å²) in [4.78, 5) is 31.5. The Morgan fingerprint density at radius 1 is 1.14 bits per heavy atom. The van der Waals surface area contributed by atoms with Gasteiger partial charge in [-0.15, -0.1) is 0 Å². The molecule has 154 valence electrons. The Morgan fingerprint density at radius 2 is 2.00 bits per heavy atom. The number of amides is 2. The van der Waals surface area contributed by atoms with Gasteiger partial charge in [-0.3, -0.25) is 14.5 Å². The molecule has 0 unspecified atom stereocenters. The molecule has 0 radical (unpaired) electrons. The lowest BCUT2D eigenvalue weighted by Crippen LogP contribution is -2.44. The molecule has 1 aromatic rings. The summed E-state index contributed by atoms with van der Waals surface area (Å²) in [6, 6.07) is 7.61. The highest BCUT2D eigenvalue weighted by Crippen LogP contribution is 2.20. The molecule has 0 saturated carbocycles. The van der Waals surface area contributed by atoms with Gasteiger partial charge in [-0.25, -0.2) is 0 Å². The fourth-order valence-corrected chi connectivity index (χ4v) is 4.05. The van der Waals surface area contributed by atoms with E-state index >= 15 is 0 Å². The molecule has 2 aliphatic rings. The highest BCUT2D eigenvalue weighted by Gasteiger charge is 2.36. The first-order valence-corrected chi connectivity index (χ1v) is 10.0. The summed E-state index contributed by atoms with van der Waals surface area (Å²) < 4.78 is 10.3. The summed E-state index contributed by atoms with van der Waals surface area (Å²) in [6.07, 6.45) is 2.14. The van der Waals surface area contributed by atoms with Crippen LogP contribution in [0.4, 0.5) is 0 Å². The van der Waals surface area contributed by atoms with E-state index in [1.54, 1.807) is 14.2 Å². The number of hydrogen-bond acceptors (Lipinski definition) is 5. The van der Waals surface area contributed by atoms with E-state index in [2.05, 4.69) is 4.90 Å². The Hall–Kier alpha value is -2.12. The highest BCUT2D eigenvalue weighted by atomic mass is 16.5. The van der Waals surface area contributed by atoms with Gasteiger partial charge < -0.3 is 19.3 Å². The summed E-state index contributed by atoms with van der Waals surface area (Å²) in [5, 5.41) is 0. The van der Waals surface area contributed by atoms with Crippen LogP contribution in [-0.4, -0.2) is 92.7 Å². The van der Waals surface area contributed by atoms with Crippen molar-refractivity contribution in [1.29, 1.82) is 0 Å². The molecule has 2 saturated heterocycles. The number of carbonyl (C=O) groups is 2. The number of benzene rings is 1. The van der Waals surface area contributed by atoms with Gasteiger partial charge in [-0.05, 0) is 30.5 Å². The second-order valence-corrected chi connectivity index (χ2v) is 7.42. The molecule has 0 spiro atoms. The first-order chi connectivity index (χ1) is 13.6. The quantitative estimate of drug-likeness (QED) is 0.697. The number of hydrogen-bond donors (Lipinski definition) is 0. The van der Waals surface area contributed by atoms with Crippen LogP contribution in [0.15, 0.2) is 24.3 Å². The molecule has 1 atom stereocenters. The minimum Gasteiger partial charge on any atom is -0.497 e. The summed E-state index contributed by atoms with van der Waals surface area (Å²) in [6.45, 7) is 5.05. The SMILES string of the molecule is COCCN1CC[C@@H](N2CCCN(C(=O)Cc3cccc(OC)c3)CC2)C1=O. The van der Waals surface area contributed by atoms with Gasteiger partial charge >= 0.3 is 0 Å². The van der Waals surface area contributed by atoms with Crippen molar-refractivity contribution >= 4 is 11.8 Å². The lowest BCUT2D eigenvalue weighted by atomic mass is 10.1. The zero-order chi connectivity index (χ0) is 19.9. The highest BCUT2D eigenvalue weighted by molar-refractivity contribution is 5.84. The molecule has 3 rings (SSSR count). The third kappa shape index (κ3) is 5.02. The smallest absolute Gasteiger partial charge is 0.240 e. The molecule has 7 nitrogen and oxygen atoms in total. The molecule has 1 aromatic carbocycles. The third-order valence-corrected chi connectivity index (χ3v) is 5.65. The van der Waals surface area contributed by atoms with Crippen molar-refractivity contribution in [2.45, 2.75) is 25.3 Å². The average molecular weight is 389 g/mol. The Kier molecular flexibility index (Phi) is 7.28. The van der Waals surface area contributed by atoms with Gasteiger partial charge in [0, 0.05) is 46.4 Å². The maximum atomic E-state index is 12.8. The fourth-order valence-electron chi connectivity index (χ4n) is 4.05. The minimum absolute atomic E-state index is 0.0507. The second kappa shape index (κ2) is 9.89. The maximum Gasteiger partial charge on any atom is 0.240 e. The molecular formula is C21H31N3O4. The number of likely N-dealkylation sites (tertiary alicyclic amines) is 1. The van der Waals surface area contributed by atoms with Crippen molar-refractivity contribution in [3.05, 3.63) is 29.8 Å². The average Bonchev–Trinajstić information content (AvgIpc) is 2.91. The molecule has 28 heavy (non-hydrogen) atoms. The maximum absolute atomic E-state index is 12.8. The van der Waals surface area contributed by atoms with E-state index in [0.29, 0.717) is 26.1 Å². The van der Waals surface area contributed by atoms with Crippen LogP contribution in [0.3, 0.4) is 0 Å². The lowest BCUT2D eigenvalue weighted by molar-refractivity contribution is -0.132. The molecule has 7 heteroatoms. The molecule has 0 N–H and O–H groups in total. The van der Waals surface area contributed by atoms with Gasteiger partial charge in [-0.2, -0.15) is 0 Å². The largest absolute Gasteiger partial charge is 0.497 e. The topological polar surface area (TPSA) is 62.3 Å². The zero-order valence-electron chi connectivity index (χ0n) is 16.9. The molecule has 2 fully saturated rings. The number of nitrogens with zero attached hydrogens (tertiary/aromatic N) is 3. The van der Waals surface area contributed by atoms with Crippen LogP contribution < -0.4 is 4.74 Å². The van der Waals surface area contributed by atoms with Crippen LogP contribution in [0.1, 0.15) is 18.4 Å². The third-order valence-electron chi connectivity index (χ3n) is 5.65. The van der Waals surface area contributed by atoms with Crippen LogP contribution >= 0.6 is 0 Å². The van der Waals surface area contributed by atoms with E-state index in [-0.39, 0.29) is 17.9 Å². The van der Waals surface area contributed by atoms with Gasteiger partial charge in [-0.1, -0.05) is 12.1 Å². The Labute approximate surface area is 167 Å². The predicted octanol–water partition coefficient (Wildman–Crippen LogP) is 1.02. The van der Waals surface area contributed by atoms with Crippen molar-refractivity contribution in [3.63, 3.8) is 0 Å². The number of ether oxygens (including phenoxy) is 2. The predicted molar refractivity (Wildman–Crippen MR) is 106 cm³/mol. The van der Waals surface area contributed by atoms with Gasteiger partial charge in [0.1, 0.15) is 5.75 Å². The monoisotopic (exact) mass is 389 g/mol. The number of carbonyl (C=O) groups excluding carboxylic acids is 2. The lowest BCUT2D eigenvalue weighted by Gasteiger charge is -2.26. The van der Waals surface area contributed by atoms with Crippen molar-refractivity contribution < 1.29 is 19.1 Å². The van der Waals surface area contributed by atoms with Crippen molar-refractivity contribution in [1.82, 2.24) is 14.7 Å². The number of methoxy groups -OCH3 is 2. The molecular weight excluding hydrogens is 358 g/mol.